The minimum absolute atomic E-state index is 0.148. The van der Waals surface area contributed by atoms with Crippen molar-refractivity contribution < 1.29 is 13.2 Å². The van der Waals surface area contributed by atoms with Crippen molar-refractivity contribution >= 4 is 33.2 Å². The number of fused-ring (bicyclic) bond motifs is 1. The number of carbonyl (C=O) groups is 1. The maximum Gasteiger partial charge on any atom is 0.244 e. The maximum atomic E-state index is 13.7. The Morgan fingerprint density at radius 1 is 0.967 bits per heavy atom. The number of sulfonamides is 1. The number of likely N-dealkylation sites (N-methyl/N-ethyl adjacent to an activating group) is 1. The molecule has 4 rings (SSSR count). The maximum absolute atomic E-state index is 13.7. The molecule has 0 saturated carbocycles. The van der Waals surface area contributed by atoms with E-state index in [-0.39, 0.29) is 17.3 Å². The highest BCUT2D eigenvalue weighted by Gasteiger charge is 2.40. The van der Waals surface area contributed by atoms with E-state index in [0.29, 0.717) is 16.3 Å². The van der Waals surface area contributed by atoms with Crippen LogP contribution in [0.25, 0.3) is 0 Å². The van der Waals surface area contributed by atoms with Crippen molar-refractivity contribution in [1.82, 2.24) is 4.31 Å². The fourth-order valence-corrected chi connectivity index (χ4v) is 5.45. The summed E-state index contributed by atoms with van der Waals surface area (Å²) in [6.45, 7) is 1.62. The number of hydrogen-bond donors (Lipinski definition) is 0. The van der Waals surface area contributed by atoms with Crippen LogP contribution in [0.15, 0.2) is 77.7 Å². The van der Waals surface area contributed by atoms with Gasteiger partial charge in [0, 0.05) is 23.3 Å². The average Bonchev–Trinajstić information content (AvgIpc) is 2.84. The normalized spacial score (nSPS) is 17.5. The first-order valence-corrected chi connectivity index (χ1v) is 11.3. The van der Waals surface area contributed by atoms with Gasteiger partial charge in [-0.05, 0) is 42.8 Å². The van der Waals surface area contributed by atoms with E-state index in [1.54, 1.807) is 49.5 Å². The van der Waals surface area contributed by atoms with E-state index < -0.39 is 16.1 Å². The Labute approximate surface area is 181 Å². The summed E-state index contributed by atoms with van der Waals surface area (Å²) in [5.74, 6) is -0.312. The van der Waals surface area contributed by atoms with Gasteiger partial charge in [-0.1, -0.05) is 59.6 Å². The highest BCUT2D eigenvalue weighted by molar-refractivity contribution is 7.89. The third-order valence-corrected chi connectivity index (χ3v) is 7.40. The van der Waals surface area contributed by atoms with Crippen molar-refractivity contribution in [3.63, 3.8) is 0 Å². The van der Waals surface area contributed by atoms with Crippen molar-refractivity contribution in [2.75, 3.05) is 18.5 Å². The summed E-state index contributed by atoms with van der Waals surface area (Å²) in [5.41, 5.74) is 3.02. The van der Waals surface area contributed by atoms with Crippen molar-refractivity contribution in [3.05, 3.63) is 94.5 Å². The van der Waals surface area contributed by atoms with Crippen molar-refractivity contribution in [2.24, 2.45) is 0 Å². The molecule has 1 amide bonds. The first-order valence-electron chi connectivity index (χ1n) is 9.48. The smallest absolute Gasteiger partial charge is 0.244 e. The van der Waals surface area contributed by atoms with Crippen LogP contribution < -0.4 is 4.90 Å². The summed E-state index contributed by atoms with van der Waals surface area (Å²) in [4.78, 5) is 14.6. The lowest BCUT2D eigenvalue weighted by atomic mass is 9.97. The molecule has 1 unspecified atom stereocenters. The van der Waals surface area contributed by atoms with Crippen LogP contribution in [0.3, 0.4) is 0 Å². The molecule has 0 fully saturated rings. The number of carbonyl (C=O) groups excluding carboxylic acids is 1. The van der Waals surface area contributed by atoms with Crippen LogP contribution >= 0.6 is 11.6 Å². The van der Waals surface area contributed by atoms with Crippen LogP contribution in [0, 0.1) is 6.92 Å². The third kappa shape index (κ3) is 3.62. The van der Waals surface area contributed by atoms with E-state index in [1.807, 2.05) is 37.3 Å². The summed E-state index contributed by atoms with van der Waals surface area (Å²) in [6.07, 6.45) is 0. The summed E-state index contributed by atoms with van der Waals surface area (Å²) in [6, 6.07) is 20.5. The van der Waals surface area contributed by atoms with Crippen LogP contribution in [0.2, 0.25) is 5.02 Å². The average molecular weight is 441 g/mol. The first-order chi connectivity index (χ1) is 14.3. The van der Waals surface area contributed by atoms with Gasteiger partial charge >= 0.3 is 0 Å². The van der Waals surface area contributed by atoms with E-state index in [1.165, 1.54) is 9.21 Å². The van der Waals surface area contributed by atoms with Gasteiger partial charge < -0.3 is 4.90 Å². The molecule has 154 valence electrons. The van der Waals surface area contributed by atoms with Gasteiger partial charge in [-0.3, -0.25) is 4.79 Å². The fraction of sp³-hybridized carbons (Fsp3) is 0.174. The Bertz CT molecular complexity index is 1190. The second-order valence-electron chi connectivity index (χ2n) is 7.33. The van der Waals surface area contributed by atoms with E-state index >= 15 is 0 Å². The molecule has 3 aromatic rings. The molecule has 0 spiro atoms. The molecule has 0 saturated heterocycles. The minimum atomic E-state index is -3.97. The molecule has 7 heteroatoms. The van der Waals surface area contributed by atoms with Crippen molar-refractivity contribution in [1.29, 1.82) is 0 Å². The quantitative estimate of drug-likeness (QED) is 0.606. The van der Waals surface area contributed by atoms with Gasteiger partial charge in [0.25, 0.3) is 0 Å². The van der Waals surface area contributed by atoms with Crippen molar-refractivity contribution in [2.45, 2.75) is 17.9 Å². The number of aryl methyl sites for hydroxylation is 1. The number of hydrogen-bond acceptors (Lipinski definition) is 3. The lowest BCUT2D eigenvalue weighted by molar-refractivity contribution is -0.118. The summed E-state index contributed by atoms with van der Waals surface area (Å²) >= 11 is 6.29. The molecular formula is C23H21ClN2O3S. The zero-order valence-corrected chi connectivity index (χ0v) is 18.2. The highest BCUT2D eigenvalue weighted by atomic mass is 35.5. The van der Waals surface area contributed by atoms with E-state index in [9.17, 15) is 13.2 Å². The number of benzene rings is 3. The van der Waals surface area contributed by atoms with Crippen LogP contribution in [0.5, 0.6) is 0 Å². The largest absolute Gasteiger partial charge is 0.314 e. The predicted molar refractivity (Wildman–Crippen MR) is 118 cm³/mol. The van der Waals surface area contributed by atoms with Gasteiger partial charge in [-0.15, -0.1) is 0 Å². The van der Waals surface area contributed by atoms with Gasteiger partial charge in [0.1, 0.15) is 0 Å². The Kier molecular flexibility index (Phi) is 5.40. The number of anilines is 1. The predicted octanol–water partition coefficient (Wildman–Crippen LogP) is 4.41. The molecular weight excluding hydrogens is 420 g/mol. The zero-order valence-electron chi connectivity index (χ0n) is 16.6. The zero-order chi connectivity index (χ0) is 21.5. The van der Waals surface area contributed by atoms with Gasteiger partial charge in [0.15, 0.2) is 0 Å². The van der Waals surface area contributed by atoms with Crippen LogP contribution in [-0.4, -0.2) is 32.2 Å². The van der Waals surface area contributed by atoms with Gasteiger partial charge in [0.05, 0.1) is 17.5 Å². The molecule has 0 N–H and O–H groups in total. The Balaban J connectivity index is 1.98. The number of halogens is 1. The molecule has 1 heterocycles. The summed E-state index contributed by atoms with van der Waals surface area (Å²) < 4.78 is 28.7. The lowest BCUT2D eigenvalue weighted by Crippen LogP contribution is -2.40. The molecule has 0 radical (unpaired) electrons. The lowest BCUT2D eigenvalue weighted by Gasteiger charge is -2.29. The molecule has 1 atom stereocenters. The Morgan fingerprint density at radius 2 is 1.63 bits per heavy atom. The molecule has 0 aliphatic carbocycles. The first kappa shape index (κ1) is 20.6. The second-order valence-corrected chi connectivity index (χ2v) is 9.66. The highest BCUT2D eigenvalue weighted by Crippen LogP contribution is 2.41. The molecule has 3 aromatic carbocycles. The van der Waals surface area contributed by atoms with Crippen LogP contribution in [0.4, 0.5) is 5.69 Å². The molecule has 5 nitrogen and oxygen atoms in total. The molecule has 1 aliphatic heterocycles. The van der Waals surface area contributed by atoms with Gasteiger partial charge in [-0.2, -0.15) is 4.31 Å². The van der Waals surface area contributed by atoms with Gasteiger partial charge in [0.2, 0.25) is 15.9 Å². The second kappa shape index (κ2) is 7.87. The number of amides is 1. The Morgan fingerprint density at radius 3 is 2.30 bits per heavy atom. The Hall–Kier alpha value is -2.67. The minimum Gasteiger partial charge on any atom is -0.314 e. The topological polar surface area (TPSA) is 57.7 Å². The van der Waals surface area contributed by atoms with Crippen LogP contribution in [-0.2, 0) is 14.8 Å². The van der Waals surface area contributed by atoms with Crippen molar-refractivity contribution in [3.8, 4) is 0 Å². The molecule has 1 aliphatic rings. The monoisotopic (exact) mass is 440 g/mol. The van der Waals surface area contributed by atoms with E-state index in [4.69, 9.17) is 11.6 Å². The van der Waals surface area contributed by atoms with E-state index in [2.05, 4.69) is 0 Å². The number of rotatable bonds is 3. The number of nitrogens with zero attached hydrogens (tertiary/aromatic N) is 2. The molecule has 30 heavy (non-hydrogen) atoms. The van der Waals surface area contributed by atoms with Gasteiger partial charge in [-0.25, -0.2) is 8.42 Å². The molecule has 0 bridgehead atoms. The standard InChI is InChI=1S/C23H21ClN2O3S/c1-16-8-11-19(12-9-16)30(28,29)26-15-22(27)25(2)21-13-10-18(24)14-20(21)23(26)17-6-4-3-5-7-17/h3-14,23H,15H2,1-2H3. The molecule has 0 aromatic heterocycles. The summed E-state index contributed by atoms with van der Waals surface area (Å²) in [7, 11) is -2.32. The van der Waals surface area contributed by atoms with Crippen LogP contribution in [0.1, 0.15) is 22.7 Å². The fourth-order valence-electron chi connectivity index (χ4n) is 3.72. The van der Waals surface area contributed by atoms with E-state index in [0.717, 1.165) is 11.1 Å². The third-order valence-electron chi connectivity index (χ3n) is 5.34. The SMILES string of the molecule is Cc1ccc(S(=O)(=O)N2CC(=O)N(C)c3ccc(Cl)cc3C2c2ccccc2)cc1. The summed E-state index contributed by atoms with van der Waals surface area (Å²) in [5, 5.41) is 0.477.